The number of pyridine rings is 1. The lowest BCUT2D eigenvalue weighted by atomic mass is 10.1. The minimum Gasteiger partial charge on any atom is -0.339 e. The molecule has 0 aliphatic heterocycles. The maximum Gasteiger partial charge on any atom is 0.148 e. The Morgan fingerprint density at radius 3 is 2.83 bits per heavy atom. The summed E-state index contributed by atoms with van der Waals surface area (Å²) in [7, 11) is 0. The highest BCUT2D eigenvalue weighted by Gasteiger charge is 2.07. The number of aryl methyl sites for hydroxylation is 1. The molecule has 0 saturated heterocycles. The fraction of sp³-hybridized carbons (Fsp3) is 0.0769. The van der Waals surface area contributed by atoms with Crippen LogP contribution in [0.1, 0.15) is 11.1 Å². The fourth-order valence-electron chi connectivity index (χ4n) is 1.56. The molecule has 90 valence electrons. The van der Waals surface area contributed by atoms with Gasteiger partial charge in [-0.05, 0) is 36.8 Å². The van der Waals surface area contributed by atoms with Crippen molar-refractivity contribution in [3.63, 3.8) is 0 Å². The Labute approximate surface area is 109 Å². The molecule has 0 atom stereocenters. The third-order valence-electron chi connectivity index (χ3n) is 2.40. The molecule has 0 amide bonds. The molecule has 0 fully saturated rings. The number of anilines is 2. The number of nitrogens with one attached hydrogen (secondary N) is 1. The van der Waals surface area contributed by atoms with Crippen molar-refractivity contribution < 1.29 is 4.39 Å². The van der Waals surface area contributed by atoms with E-state index in [0.717, 1.165) is 5.56 Å². The lowest BCUT2D eigenvalue weighted by molar-refractivity contribution is 0.628. The SMILES string of the molecule is Cc1ccnc(Nc2cc(F)cc(Cl)c2)c1C#N. The van der Waals surface area contributed by atoms with E-state index >= 15 is 0 Å². The highest BCUT2D eigenvalue weighted by atomic mass is 35.5. The first-order valence-electron chi connectivity index (χ1n) is 5.19. The van der Waals surface area contributed by atoms with Gasteiger partial charge in [0.25, 0.3) is 0 Å². The van der Waals surface area contributed by atoms with Gasteiger partial charge >= 0.3 is 0 Å². The standard InChI is InChI=1S/C13H9ClFN3/c1-8-2-3-17-13(12(8)7-16)18-11-5-9(14)4-10(15)6-11/h2-6H,1H3,(H,17,18). The lowest BCUT2D eigenvalue weighted by Crippen LogP contribution is -1.99. The molecule has 0 unspecified atom stereocenters. The van der Waals surface area contributed by atoms with Crippen molar-refractivity contribution in [2.24, 2.45) is 0 Å². The highest BCUT2D eigenvalue weighted by molar-refractivity contribution is 6.30. The van der Waals surface area contributed by atoms with Crippen LogP contribution in [0, 0.1) is 24.1 Å². The topological polar surface area (TPSA) is 48.7 Å². The van der Waals surface area contributed by atoms with E-state index in [9.17, 15) is 4.39 Å². The fourth-order valence-corrected chi connectivity index (χ4v) is 1.78. The second-order valence-electron chi connectivity index (χ2n) is 3.75. The second-order valence-corrected chi connectivity index (χ2v) is 4.18. The lowest BCUT2D eigenvalue weighted by Gasteiger charge is -2.09. The molecule has 2 rings (SSSR count). The molecule has 0 radical (unpaired) electrons. The van der Waals surface area contributed by atoms with Gasteiger partial charge in [-0.1, -0.05) is 11.6 Å². The molecule has 18 heavy (non-hydrogen) atoms. The monoisotopic (exact) mass is 261 g/mol. The largest absolute Gasteiger partial charge is 0.339 e. The molecule has 0 saturated carbocycles. The van der Waals surface area contributed by atoms with E-state index in [-0.39, 0.29) is 5.02 Å². The first kappa shape index (κ1) is 12.3. The van der Waals surface area contributed by atoms with Gasteiger partial charge in [0.05, 0.1) is 5.56 Å². The van der Waals surface area contributed by atoms with Crippen LogP contribution in [0.5, 0.6) is 0 Å². The van der Waals surface area contributed by atoms with Gasteiger partial charge in [-0.25, -0.2) is 9.37 Å². The molecule has 0 aliphatic carbocycles. The molecule has 5 heteroatoms. The van der Waals surface area contributed by atoms with E-state index < -0.39 is 5.82 Å². The summed E-state index contributed by atoms with van der Waals surface area (Å²) in [5.41, 5.74) is 1.69. The van der Waals surface area contributed by atoms with Crippen LogP contribution >= 0.6 is 11.6 Å². The zero-order chi connectivity index (χ0) is 13.1. The molecule has 1 N–H and O–H groups in total. The first-order chi connectivity index (χ1) is 8.60. The number of rotatable bonds is 2. The quantitative estimate of drug-likeness (QED) is 0.895. The summed E-state index contributed by atoms with van der Waals surface area (Å²) in [6.07, 6.45) is 1.58. The van der Waals surface area contributed by atoms with Crippen LogP contribution in [0.2, 0.25) is 5.02 Å². The molecule has 3 nitrogen and oxygen atoms in total. The van der Waals surface area contributed by atoms with E-state index in [1.54, 1.807) is 18.3 Å². The smallest absolute Gasteiger partial charge is 0.148 e. The van der Waals surface area contributed by atoms with Crippen LogP contribution in [0.15, 0.2) is 30.5 Å². The van der Waals surface area contributed by atoms with E-state index in [2.05, 4.69) is 16.4 Å². The van der Waals surface area contributed by atoms with Gasteiger partial charge in [-0.2, -0.15) is 5.26 Å². The summed E-state index contributed by atoms with van der Waals surface area (Å²) in [5, 5.41) is 12.2. The average Bonchev–Trinajstić information content (AvgIpc) is 2.27. The maximum atomic E-state index is 13.2. The van der Waals surface area contributed by atoms with Crippen molar-refractivity contribution in [1.29, 1.82) is 5.26 Å². The van der Waals surface area contributed by atoms with Crippen molar-refractivity contribution in [1.82, 2.24) is 4.98 Å². The molecule has 2 aromatic rings. The molecule has 1 aromatic heterocycles. The van der Waals surface area contributed by atoms with E-state index in [1.165, 1.54) is 12.1 Å². The molecule has 0 bridgehead atoms. The van der Waals surface area contributed by atoms with Gasteiger partial charge in [-0.3, -0.25) is 0 Å². The number of nitrogens with zero attached hydrogens (tertiary/aromatic N) is 2. The molecule has 1 heterocycles. The van der Waals surface area contributed by atoms with E-state index in [4.69, 9.17) is 16.9 Å². The molecular formula is C13H9ClFN3. The van der Waals surface area contributed by atoms with Crippen LogP contribution in [-0.2, 0) is 0 Å². The van der Waals surface area contributed by atoms with Crippen LogP contribution in [0.3, 0.4) is 0 Å². The van der Waals surface area contributed by atoms with Crippen molar-refractivity contribution in [2.75, 3.05) is 5.32 Å². The zero-order valence-corrected chi connectivity index (χ0v) is 10.3. The molecule has 0 aliphatic rings. The minimum absolute atomic E-state index is 0.281. The maximum absolute atomic E-state index is 13.2. The number of hydrogen-bond donors (Lipinski definition) is 1. The summed E-state index contributed by atoms with van der Waals surface area (Å²) in [6.45, 7) is 1.81. The Morgan fingerprint density at radius 1 is 1.39 bits per heavy atom. The predicted octanol–water partition coefficient (Wildman–Crippen LogP) is 3.80. The van der Waals surface area contributed by atoms with Gasteiger partial charge in [0.1, 0.15) is 17.7 Å². The Morgan fingerprint density at radius 2 is 2.17 bits per heavy atom. The van der Waals surface area contributed by atoms with Crippen LogP contribution in [0.25, 0.3) is 0 Å². The van der Waals surface area contributed by atoms with Gasteiger partial charge in [0.15, 0.2) is 0 Å². The normalized spacial score (nSPS) is 9.89. The van der Waals surface area contributed by atoms with Crippen LogP contribution in [0.4, 0.5) is 15.9 Å². The Balaban J connectivity index is 2.40. The van der Waals surface area contributed by atoms with Crippen molar-refractivity contribution in [2.45, 2.75) is 6.92 Å². The second kappa shape index (κ2) is 5.03. The van der Waals surface area contributed by atoms with Gasteiger partial charge in [0.2, 0.25) is 0 Å². The van der Waals surface area contributed by atoms with Gasteiger partial charge in [0, 0.05) is 16.9 Å². The number of nitriles is 1. The average molecular weight is 262 g/mol. The molecule has 0 spiro atoms. The van der Waals surface area contributed by atoms with Gasteiger partial charge in [-0.15, -0.1) is 0 Å². The number of hydrogen-bond acceptors (Lipinski definition) is 3. The first-order valence-corrected chi connectivity index (χ1v) is 5.57. The number of benzene rings is 1. The van der Waals surface area contributed by atoms with Gasteiger partial charge < -0.3 is 5.32 Å². The molecular weight excluding hydrogens is 253 g/mol. The van der Waals surface area contributed by atoms with Crippen molar-refractivity contribution in [3.05, 3.63) is 52.4 Å². The van der Waals surface area contributed by atoms with Crippen molar-refractivity contribution in [3.8, 4) is 6.07 Å². The predicted molar refractivity (Wildman–Crippen MR) is 68.4 cm³/mol. The number of aromatic nitrogens is 1. The molecule has 1 aromatic carbocycles. The third-order valence-corrected chi connectivity index (χ3v) is 2.61. The Kier molecular flexibility index (Phi) is 3.45. The zero-order valence-electron chi connectivity index (χ0n) is 9.54. The highest BCUT2D eigenvalue weighted by Crippen LogP contribution is 2.23. The summed E-state index contributed by atoms with van der Waals surface area (Å²) in [5.74, 6) is -0.0599. The van der Waals surface area contributed by atoms with Crippen LogP contribution in [-0.4, -0.2) is 4.98 Å². The van der Waals surface area contributed by atoms with Crippen molar-refractivity contribution >= 4 is 23.1 Å². The summed E-state index contributed by atoms with van der Waals surface area (Å²) in [6, 6.07) is 7.86. The minimum atomic E-state index is -0.448. The number of halogens is 2. The summed E-state index contributed by atoms with van der Waals surface area (Å²) < 4.78 is 13.2. The Hall–Kier alpha value is -2.12. The van der Waals surface area contributed by atoms with E-state index in [1.807, 2.05) is 6.92 Å². The third kappa shape index (κ3) is 2.58. The summed E-state index contributed by atoms with van der Waals surface area (Å²) in [4.78, 5) is 4.07. The van der Waals surface area contributed by atoms with E-state index in [0.29, 0.717) is 17.1 Å². The Bertz CT molecular complexity index is 614. The summed E-state index contributed by atoms with van der Waals surface area (Å²) >= 11 is 5.76. The van der Waals surface area contributed by atoms with Crippen LogP contribution < -0.4 is 5.32 Å².